The summed E-state index contributed by atoms with van der Waals surface area (Å²) >= 11 is 15.2. The van der Waals surface area contributed by atoms with Gasteiger partial charge >= 0.3 is 0 Å². The van der Waals surface area contributed by atoms with Crippen LogP contribution in [0.15, 0.2) is 90.7 Å². The number of fused-ring (bicyclic) bond motifs is 6. The molecule has 0 N–H and O–H groups in total. The third kappa shape index (κ3) is 2.45. The van der Waals surface area contributed by atoms with Crippen LogP contribution in [0.1, 0.15) is 0 Å². The van der Waals surface area contributed by atoms with Gasteiger partial charge in [-0.1, -0.05) is 54.6 Å². The largest absolute Gasteiger partial charge is 0.248 e. The lowest BCUT2D eigenvalue weighted by atomic mass is 10.1. The Morgan fingerprint density at radius 3 is 1.43 bits per heavy atom. The molecule has 0 amide bonds. The molecule has 0 saturated carbocycles. The first-order valence-electron chi connectivity index (χ1n) is 9.33. The van der Waals surface area contributed by atoms with Gasteiger partial charge in [0, 0.05) is 35.0 Å². The van der Waals surface area contributed by atoms with Crippen LogP contribution in [-0.4, -0.2) is 9.35 Å². The van der Waals surface area contributed by atoms with Crippen molar-refractivity contribution in [1.82, 2.24) is 9.35 Å². The number of para-hydroxylation sites is 3. The first kappa shape index (κ1) is 19.1. The molecule has 146 valence electrons. The molecule has 0 aliphatic carbocycles. The van der Waals surface area contributed by atoms with E-state index in [1.807, 2.05) is 0 Å². The molecule has 4 aromatic carbocycles. The number of benzene rings is 4. The molecule has 0 fully saturated rings. The van der Waals surface area contributed by atoms with E-state index in [-0.39, 0.29) is 0 Å². The summed E-state index contributed by atoms with van der Waals surface area (Å²) in [4.78, 5) is 0. The van der Waals surface area contributed by atoms with E-state index in [1.54, 1.807) is 0 Å². The second kappa shape index (κ2) is 6.95. The lowest BCUT2D eigenvalue weighted by Gasteiger charge is -2.15. The minimum Gasteiger partial charge on any atom is -0.248 e. The molecule has 2 aromatic heterocycles. The smallest absolute Gasteiger partial charge is 0.0881 e. The standard InChI is InChI=1S/C24H12Br4N2/c25-20-19-15-9-3-6-12-18(15)30(24(19)23(28)22(27)21(20)26)29-16-10-4-1-7-13(16)14-8-2-5-11-17(14)29/h1-12H. The summed E-state index contributed by atoms with van der Waals surface area (Å²) in [5.74, 6) is 0. The molecule has 0 atom stereocenters. The van der Waals surface area contributed by atoms with Gasteiger partial charge in [0.15, 0.2) is 0 Å². The molecule has 30 heavy (non-hydrogen) atoms. The highest BCUT2D eigenvalue weighted by molar-refractivity contribution is 9.15. The van der Waals surface area contributed by atoms with Gasteiger partial charge in [-0.05, 0) is 81.9 Å². The van der Waals surface area contributed by atoms with E-state index in [9.17, 15) is 0 Å². The van der Waals surface area contributed by atoms with Gasteiger partial charge in [0.05, 0.1) is 26.5 Å². The third-order valence-electron chi connectivity index (χ3n) is 5.61. The van der Waals surface area contributed by atoms with E-state index < -0.39 is 0 Å². The van der Waals surface area contributed by atoms with Crippen molar-refractivity contribution in [3.63, 3.8) is 0 Å². The molecule has 6 rings (SSSR count). The molecule has 2 heterocycles. The first-order chi connectivity index (χ1) is 14.6. The fourth-order valence-electron chi connectivity index (χ4n) is 4.38. The Morgan fingerprint density at radius 2 is 0.867 bits per heavy atom. The van der Waals surface area contributed by atoms with Crippen molar-refractivity contribution in [3.05, 3.63) is 90.7 Å². The maximum absolute atomic E-state index is 3.88. The maximum Gasteiger partial charge on any atom is 0.0881 e. The molecule has 0 aliphatic heterocycles. The SMILES string of the molecule is Brc1c(Br)c(Br)c2c(c1Br)c1ccccc1n2-n1c2ccccc2c2ccccc21. The lowest BCUT2D eigenvalue weighted by molar-refractivity contribution is 0.773. The normalized spacial score (nSPS) is 12.0. The zero-order valence-corrected chi connectivity index (χ0v) is 21.7. The highest BCUT2D eigenvalue weighted by atomic mass is 79.9. The van der Waals surface area contributed by atoms with Gasteiger partial charge in [-0.2, -0.15) is 0 Å². The highest BCUT2D eigenvalue weighted by Crippen LogP contribution is 2.47. The van der Waals surface area contributed by atoms with Crippen LogP contribution >= 0.6 is 63.7 Å². The van der Waals surface area contributed by atoms with Crippen LogP contribution < -0.4 is 0 Å². The molecule has 0 bridgehead atoms. The topological polar surface area (TPSA) is 9.86 Å². The quantitative estimate of drug-likeness (QED) is 0.124. The monoisotopic (exact) mass is 644 g/mol. The van der Waals surface area contributed by atoms with Crippen molar-refractivity contribution in [2.45, 2.75) is 0 Å². The Hall–Kier alpha value is -1.60. The average Bonchev–Trinajstić information content (AvgIpc) is 3.29. The average molecular weight is 648 g/mol. The number of hydrogen-bond donors (Lipinski definition) is 0. The van der Waals surface area contributed by atoms with Crippen LogP contribution in [0.25, 0.3) is 43.6 Å². The second-order valence-corrected chi connectivity index (χ2v) is 10.3. The van der Waals surface area contributed by atoms with Crippen molar-refractivity contribution >= 4 is 107 Å². The van der Waals surface area contributed by atoms with Crippen LogP contribution in [0.5, 0.6) is 0 Å². The predicted octanol–water partition coefficient (Wildman–Crippen LogP) is 9.26. The Morgan fingerprint density at radius 1 is 0.433 bits per heavy atom. The summed E-state index contributed by atoms with van der Waals surface area (Å²) in [6.07, 6.45) is 0. The van der Waals surface area contributed by atoms with E-state index in [0.29, 0.717) is 0 Å². The Labute approximate surface area is 205 Å². The third-order valence-corrected chi connectivity index (χ3v) is 10.4. The zero-order chi connectivity index (χ0) is 20.6. The van der Waals surface area contributed by atoms with Crippen molar-refractivity contribution < 1.29 is 0 Å². The Balaban J connectivity index is 1.97. The summed E-state index contributed by atoms with van der Waals surface area (Å²) in [5, 5.41) is 4.83. The van der Waals surface area contributed by atoms with Gasteiger partial charge in [-0.3, -0.25) is 0 Å². The Bertz CT molecular complexity index is 1590. The Kier molecular flexibility index (Phi) is 4.43. The number of aromatic nitrogens is 2. The molecule has 2 nitrogen and oxygen atoms in total. The fraction of sp³-hybridized carbons (Fsp3) is 0. The van der Waals surface area contributed by atoms with Gasteiger partial charge in [-0.25, -0.2) is 9.35 Å². The molecule has 6 aromatic rings. The van der Waals surface area contributed by atoms with Crippen molar-refractivity contribution in [2.24, 2.45) is 0 Å². The summed E-state index contributed by atoms with van der Waals surface area (Å²) < 4.78 is 8.65. The minimum atomic E-state index is 0.978. The van der Waals surface area contributed by atoms with Crippen LogP contribution in [0, 0.1) is 0 Å². The fourth-order valence-corrected chi connectivity index (χ4v) is 6.86. The molecule has 0 aliphatic rings. The minimum absolute atomic E-state index is 0.978. The van der Waals surface area contributed by atoms with Crippen LogP contribution in [-0.2, 0) is 0 Å². The van der Waals surface area contributed by atoms with Gasteiger partial charge < -0.3 is 0 Å². The first-order valence-corrected chi connectivity index (χ1v) is 12.5. The highest BCUT2D eigenvalue weighted by Gasteiger charge is 2.23. The number of rotatable bonds is 1. The molecule has 0 spiro atoms. The molecule has 0 saturated heterocycles. The summed E-state index contributed by atoms with van der Waals surface area (Å²) in [5.41, 5.74) is 4.59. The predicted molar refractivity (Wildman–Crippen MR) is 140 cm³/mol. The zero-order valence-electron chi connectivity index (χ0n) is 15.3. The molecule has 0 unspecified atom stereocenters. The maximum atomic E-state index is 3.88. The van der Waals surface area contributed by atoms with Gasteiger partial charge in [0.1, 0.15) is 0 Å². The van der Waals surface area contributed by atoms with E-state index >= 15 is 0 Å². The number of hydrogen-bond acceptors (Lipinski definition) is 0. The molecular formula is C24H12Br4N2. The summed E-state index contributed by atoms with van der Waals surface area (Å²) in [6, 6.07) is 25.7. The van der Waals surface area contributed by atoms with Crippen molar-refractivity contribution in [1.29, 1.82) is 0 Å². The summed E-state index contributed by atoms with van der Waals surface area (Å²) in [7, 11) is 0. The van der Waals surface area contributed by atoms with Gasteiger partial charge in [0.25, 0.3) is 0 Å². The summed E-state index contributed by atoms with van der Waals surface area (Å²) in [6.45, 7) is 0. The van der Waals surface area contributed by atoms with Crippen LogP contribution in [0.2, 0.25) is 0 Å². The molecule has 6 heteroatoms. The lowest BCUT2D eigenvalue weighted by Crippen LogP contribution is -2.08. The second-order valence-electron chi connectivity index (χ2n) is 7.15. The van der Waals surface area contributed by atoms with Crippen LogP contribution in [0.4, 0.5) is 0 Å². The molecule has 0 radical (unpaired) electrons. The van der Waals surface area contributed by atoms with E-state index in [2.05, 4.69) is 146 Å². The van der Waals surface area contributed by atoms with E-state index in [1.165, 1.54) is 27.2 Å². The van der Waals surface area contributed by atoms with E-state index in [4.69, 9.17) is 0 Å². The number of halogens is 4. The van der Waals surface area contributed by atoms with E-state index in [0.717, 1.165) is 34.3 Å². The van der Waals surface area contributed by atoms with Crippen molar-refractivity contribution in [3.8, 4) is 0 Å². The van der Waals surface area contributed by atoms with Gasteiger partial charge in [-0.15, -0.1) is 0 Å². The van der Waals surface area contributed by atoms with Crippen LogP contribution in [0.3, 0.4) is 0 Å². The van der Waals surface area contributed by atoms with Crippen molar-refractivity contribution in [2.75, 3.05) is 0 Å². The van der Waals surface area contributed by atoms with Gasteiger partial charge in [0.2, 0.25) is 0 Å². The number of nitrogens with zero attached hydrogens (tertiary/aromatic N) is 2. The molecular weight excluding hydrogens is 636 g/mol.